The number of hydrogen-bond acceptors (Lipinski definition) is 12. The topological polar surface area (TPSA) is 183 Å². The fourth-order valence-electron chi connectivity index (χ4n) is 8.88. The minimum atomic E-state index is -2.00. The SMILES string of the molecule is C/C1=C\C[C@@H]2C[C@@H](C[C@]3(O2)O[C@H](C)[C@@H](C)[C@H](OC(=O)C(C)CC(C)C)[C@H]3O)OC(=O)[C@@H]2C=C(COC(=O)c3ccc[nH]3)[C@@H](O)[C@H]3OC/C(=C\C=C\[C@H](C)C1)[C@]32O. The number of esters is 3. The number of aliphatic hydroxyl groups excluding tert-OH is 2. The number of aliphatic hydroxyl groups is 3. The molecule has 1 unspecified atom stereocenters. The van der Waals surface area contributed by atoms with Gasteiger partial charge in [-0.15, -0.1) is 0 Å². The number of nitrogens with one attached hydrogen (secondary N) is 1. The van der Waals surface area contributed by atoms with E-state index in [0.29, 0.717) is 18.4 Å². The van der Waals surface area contributed by atoms with Crippen LogP contribution in [-0.4, -0.2) is 106 Å². The molecule has 13 nitrogen and oxygen atoms in total. The number of carbonyl (C=O) groups is 3. The molecule has 1 aromatic rings. The molecule has 0 amide bonds. The Balaban J connectivity index is 1.35. The van der Waals surface area contributed by atoms with Crippen molar-refractivity contribution in [2.24, 2.45) is 29.6 Å². The van der Waals surface area contributed by atoms with Crippen LogP contribution in [0.15, 0.2) is 65.4 Å². The van der Waals surface area contributed by atoms with Gasteiger partial charge < -0.3 is 48.7 Å². The highest BCUT2D eigenvalue weighted by Crippen LogP contribution is 2.48. The summed E-state index contributed by atoms with van der Waals surface area (Å²) in [7, 11) is 0. The number of fused-ring (bicyclic) bond motifs is 2. The van der Waals surface area contributed by atoms with Crippen LogP contribution in [0.25, 0.3) is 0 Å². The maximum absolute atomic E-state index is 14.5. The quantitative estimate of drug-likeness (QED) is 0.168. The van der Waals surface area contributed by atoms with Crippen molar-refractivity contribution in [3.05, 3.63) is 71.1 Å². The second-order valence-corrected chi connectivity index (χ2v) is 17.0. The third-order valence-corrected chi connectivity index (χ3v) is 12.0. The van der Waals surface area contributed by atoms with Gasteiger partial charge in [0.15, 0.2) is 0 Å². The maximum atomic E-state index is 14.5. The van der Waals surface area contributed by atoms with Crippen LogP contribution < -0.4 is 0 Å². The van der Waals surface area contributed by atoms with Gasteiger partial charge in [-0.25, -0.2) is 4.79 Å². The lowest BCUT2D eigenvalue weighted by Gasteiger charge is -2.53. The van der Waals surface area contributed by atoms with Crippen molar-refractivity contribution in [1.29, 1.82) is 0 Å². The van der Waals surface area contributed by atoms with Crippen LogP contribution in [0.4, 0.5) is 0 Å². The minimum absolute atomic E-state index is 0.0580. The van der Waals surface area contributed by atoms with Crippen molar-refractivity contribution >= 4 is 17.9 Å². The molecule has 308 valence electrons. The van der Waals surface area contributed by atoms with Crippen LogP contribution >= 0.6 is 0 Å². The monoisotopic (exact) mass is 781 g/mol. The lowest BCUT2D eigenvalue weighted by Crippen LogP contribution is -2.67. The molecule has 0 radical (unpaired) electrons. The number of hydrogen-bond donors (Lipinski definition) is 4. The van der Waals surface area contributed by atoms with Crippen molar-refractivity contribution in [3.8, 4) is 0 Å². The number of carbonyl (C=O) groups excluding carboxylic acids is 3. The van der Waals surface area contributed by atoms with E-state index in [1.54, 1.807) is 24.4 Å². The van der Waals surface area contributed by atoms with E-state index in [-0.39, 0.29) is 61.0 Å². The van der Waals surface area contributed by atoms with E-state index in [9.17, 15) is 29.7 Å². The summed E-state index contributed by atoms with van der Waals surface area (Å²) in [6.07, 6.45) is 5.65. The highest BCUT2D eigenvalue weighted by Gasteiger charge is 2.62. The van der Waals surface area contributed by atoms with E-state index in [1.165, 1.54) is 6.08 Å². The van der Waals surface area contributed by atoms with Crippen molar-refractivity contribution in [1.82, 2.24) is 4.98 Å². The molecule has 5 aliphatic rings. The summed E-state index contributed by atoms with van der Waals surface area (Å²) >= 11 is 0. The predicted octanol–water partition coefficient (Wildman–Crippen LogP) is 4.87. The van der Waals surface area contributed by atoms with E-state index >= 15 is 0 Å². The number of aromatic nitrogens is 1. The standard InChI is InChI=1S/C43H59NO12/c1-23(2)16-26(5)39(47)54-36-27(6)28(7)55-42(37(36)46)20-32-19-31(56-42)14-13-25(4)17-24(3)10-8-11-30-22-51-38-35(45)29(18-33(40(48)53-32)43(30,38)50)21-52-41(49)34-12-9-15-44-34/h8-13,15,18,23-24,26-28,31-33,35-38,44-46,50H,14,16-17,19-22H2,1-7H3/b10-8+,25-13+,30-11+/t24-,26?,27+,28+,31+,32-,33-,35+,36-,37+,38+,42+,43+/m0/s1. The molecule has 0 saturated carbocycles. The smallest absolute Gasteiger partial charge is 0.355 e. The first-order valence-electron chi connectivity index (χ1n) is 20.0. The van der Waals surface area contributed by atoms with Gasteiger partial charge in [0, 0.05) is 25.0 Å². The normalized spacial score (nSPS) is 40.6. The molecular weight excluding hydrogens is 722 g/mol. The first-order valence-corrected chi connectivity index (χ1v) is 20.0. The Morgan fingerprint density at radius 1 is 1.11 bits per heavy atom. The summed E-state index contributed by atoms with van der Waals surface area (Å²) in [6.45, 7) is 13.3. The maximum Gasteiger partial charge on any atom is 0.355 e. The van der Waals surface area contributed by atoms with Gasteiger partial charge in [-0.2, -0.15) is 0 Å². The number of allylic oxidation sites excluding steroid dienone is 4. The second-order valence-electron chi connectivity index (χ2n) is 17.0. The molecule has 4 aliphatic heterocycles. The lowest BCUT2D eigenvalue weighted by atomic mass is 9.70. The fraction of sp³-hybridized carbons (Fsp3) is 0.651. The Labute approximate surface area is 329 Å². The molecule has 2 bridgehead atoms. The highest BCUT2D eigenvalue weighted by atomic mass is 16.7. The van der Waals surface area contributed by atoms with Gasteiger partial charge in [0.2, 0.25) is 5.79 Å². The zero-order valence-electron chi connectivity index (χ0n) is 33.5. The van der Waals surface area contributed by atoms with E-state index < -0.39 is 77.9 Å². The third-order valence-electron chi connectivity index (χ3n) is 12.0. The predicted molar refractivity (Wildman–Crippen MR) is 204 cm³/mol. The van der Waals surface area contributed by atoms with Crippen molar-refractivity contribution < 1.29 is 58.1 Å². The van der Waals surface area contributed by atoms with Gasteiger partial charge in [0.1, 0.15) is 54.3 Å². The molecule has 5 heterocycles. The Hall–Kier alpha value is -3.59. The molecule has 6 rings (SSSR count). The summed E-state index contributed by atoms with van der Waals surface area (Å²) in [5, 5.41) is 36.1. The van der Waals surface area contributed by atoms with Gasteiger partial charge in [-0.3, -0.25) is 9.59 Å². The number of rotatable bonds is 7. The molecule has 1 aromatic heterocycles. The van der Waals surface area contributed by atoms with E-state index in [1.807, 2.05) is 53.7 Å². The average molecular weight is 782 g/mol. The van der Waals surface area contributed by atoms with Crippen LogP contribution in [0.5, 0.6) is 0 Å². The zero-order chi connectivity index (χ0) is 40.5. The Morgan fingerprint density at radius 3 is 2.59 bits per heavy atom. The second kappa shape index (κ2) is 17.1. The van der Waals surface area contributed by atoms with Gasteiger partial charge in [0.05, 0.1) is 24.7 Å². The summed E-state index contributed by atoms with van der Waals surface area (Å²) < 4.78 is 37.0. The molecule has 13 heteroatoms. The molecule has 13 atom stereocenters. The van der Waals surface area contributed by atoms with Gasteiger partial charge in [0.25, 0.3) is 0 Å². The average Bonchev–Trinajstić information content (AvgIpc) is 3.80. The van der Waals surface area contributed by atoms with Crippen molar-refractivity contribution in [2.45, 2.75) is 135 Å². The highest BCUT2D eigenvalue weighted by molar-refractivity contribution is 5.87. The lowest BCUT2D eigenvalue weighted by molar-refractivity contribution is -0.383. The van der Waals surface area contributed by atoms with Crippen molar-refractivity contribution in [2.75, 3.05) is 13.2 Å². The molecule has 3 fully saturated rings. The molecule has 1 spiro atoms. The van der Waals surface area contributed by atoms with Crippen LogP contribution in [0.3, 0.4) is 0 Å². The van der Waals surface area contributed by atoms with E-state index in [4.69, 9.17) is 28.4 Å². The first-order chi connectivity index (χ1) is 26.5. The van der Waals surface area contributed by atoms with Crippen LogP contribution in [-0.2, 0) is 38.0 Å². The fourth-order valence-corrected chi connectivity index (χ4v) is 8.88. The van der Waals surface area contributed by atoms with Gasteiger partial charge >= 0.3 is 17.9 Å². The molecular formula is C43H59NO12. The molecule has 3 saturated heterocycles. The Kier molecular flexibility index (Phi) is 12.8. The van der Waals surface area contributed by atoms with Crippen LogP contribution in [0.2, 0.25) is 0 Å². The number of ether oxygens (including phenoxy) is 6. The molecule has 56 heavy (non-hydrogen) atoms. The molecule has 1 aliphatic carbocycles. The summed E-state index contributed by atoms with van der Waals surface area (Å²) in [5.41, 5.74) is -0.108. The first kappa shape index (κ1) is 42.0. The summed E-state index contributed by atoms with van der Waals surface area (Å²) in [5.74, 6) is -5.30. The van der Waals surface area contributed by atoms with Gasteiger partial charge in [-0.1, -0.05) is 70.6 Å². The molecule has 4 N–H and O–H groups in total. The van der Waals surface area contributed by atoms with E-state index in [0.717, 1.165) is 12.0 Å². The molecule has 0 aromatic carbocycles. The van der Waals surface area contributed by atoms with Crippen LogP contribution in [0.1, 0.15) is 91.1 Å². The zero-order valence-corrected chi connectivity index (χ0v) is 33.5. The summed E-state index contributed by atoms with van der Waals surface area (Å²) in [6, 6.07) is 3.20. The number of H-pyrrole nitrogens is 1. The van der Waals surface area contributed by atoms with E-state index in [2.05, 4.69) is 18.0 Å². The van der Waals surface area contributed by atoms with Crippen molar-refractivity contribution in [3.63, 3.8) is 0 Å². The van der Waals surface area contributed by atoms with Gasteiger partial charge in [-0.05, 0) is 68.2 Å². The third kappa shape index (κ3) is 8.63. The Morgan fingerprint density at radius 2 is 1.88 bits per heavy atom. The minimum Gasteiger partial charge on any atom is -0.462 e. The Bertz CT molecular complexity index is 1710. The summed E-state index contributed by atoms with van der Waals surface area (Å²) in [4.78, 5) is 43.3. The largest absolute Gasteiger partial charge is 0.462 e. The van der Waals surface area contributed by atoms with Crippen LogP contribution in [0, 0.1) is 29.6 Å². The number of aromatic amines is 1.